The number of ether oxygens (including phenoxy) is 1. The number of hydrogen-bond acceptors (Lipinski definition) is 5. The first-order chi connectivity index (χ1) is 12.7. The number of oxazole rings is 1. The third kappa shape index (κ3) is 3.12. The summed E-state index contributed by atoms with van der Waals surface area (Å²) in [7, 11) is 0. The van der Waals surface area contributed by atoms with Gasteiger partial charge in [0.2, 0.25) is 11.8 Å². The van der Waals surface area contributed by atoms with Gasteiger partial charge in [0, 0.05) is 19.3 Å². The molecule has 0 spiro atoms. The Kier molecular flexibility index (Phi) is 4.07. The molecule has 0 fully saturated rings. The molecular formula is C20H15N3O3. The number of nitrogens with zero attached hydrogens (tertiary/aromatic N) is 2. The number of benzene rings is 2. The van der Waals surface area contributed by atoms with E-state index in [0.29, 0.717) is 34.2 Å². The fraction of sp³-hybridized carbons (Fsp3) is 0.0500. The first-order valence-electron chi connectivity index (χ1n) is 8.05. The van der Waals surface area contributed by atoms with Crippen LogP contribution in [-0.4, -0.2) is 15.9 Å². The van der Waals surface area contributed by atoms with E-state index < -0.39 is 0 Å². The standard InChI is InChI=1S/C20H15N3O3/c1-13(24)22-16-9-10-17-18(19(16)25-15-7-3-2-4-8-15)23-20(26-17)14-6-5-11-21-12-14/h2-12H,1H3,(H,22,24). The molecule has 1 amide bonds. The largest absolute Gasteiger partial charge is 0.453 e. The summed E-state index contributed by atoms with van der Waals surface area (Å²) in [4.78, 5) is 20.2. The third-order valence-corrected chi connectivity index (χ3v) is 3.70. The summed E-state index contributed by atoms with van der Waals surface area (Å²) in [6, 6.07) is 16.5. The van der Waals surface area contributed by atoms with Crippen molar-refractivity contribution in [3.63, 3.8) is 0 Å². The van der Waals surface area contributed by atoms with Crippen molar-refractivity contribution in [3.05, 3.63) is 67.0 Å². The van der Waals surface area contributed by atoms with E-state index in [4.69, 9.17) is 9.15 Å². The van der Waals surface area contributed by atoms with Gasteiger partial charge >= 0.3 is 0 Å². The molecule has 6 heteroatoms. The fourth-order valence-electron chi connectivity index (χ4n) is 2.58. The minimum Gasteiger partial charge on any atom is -0.453 e. The monoisotopic (exact) mass is 345 g/mol. The first kappa shape index (κ1) is 15.8. The lowest BCUT2D eigenvalue weighted by atomic mass is 10.2. The van der Waals surface area contributed by atoms with Gasteiger partial charge in [-0.25, -0.2) is 4.98 Å². The molecule has 26 heavy (non-hydrogen) atoms. The average Bonchev–Trinajstić information content (AvgIpc) is 3.10. The van der Waals surface area contributed by atoms with E-state index in [1.807, 2.05) is 42.5 Å². The normalized spacial score (nSPS) is 10.7. The van der Waals surface area contributed by atoms with Crippen LogP contribution in [-0.2, 0) is 4.79 Å². The number of amides is 1. The van der Waals surface area contributed by atoms with E-state index in [-0.39, 0.29) is 5.91 Å². The van der Waals surface area contributed by atoms with Crippen LogP contribution >= 0.6 is 0 Å². The number of para-hydroxylation sites is 1. The number of nitrogens with one attached hydrogen (secondary N) is 1. The number of carbonyl (C=O) groups is 1. The van der Waals surface area contributed by atoms with E-state index in [0.717, 1.165) is 5.56 Å². The number of anilines is 1. The number of carbonyl (C=O) groups excluding carboxylic acids is 1. The maximum atomic E-state index is 11.6. The van der Waals surface area contributed by atoms with Gasteiger partial charge in [-0.2, -0.15) is 0 Å². The lowest BCUT2D eigenvalue weighted by molar-refractivity contribution is -0.114. The predicted octanol–water partition coefficient (Wildman–Crippen LogP) is 4.64. The molecule has 0 bridgehead atoms. The van der Waals surface area contributed by atoms with E-state index in [2.05, 4.69) is 15.3 Å². The predicted molar refractivity (Wildman–Crippen MR) is 98.1 cm³/mol. The smallest absolute Gasteiger partial charge is 0.229 e. The quantitative estimate of drug-likeness (QED) is 0.583. The van der Waals surface area contributed by atoms with Gasteiger partial charge in [0.15, 0.2) is 16.8 Å². The summed E-state index contributed by atoms with van der Waals surface area (Å²) in [5.41, 5.74) is 2.37. The van der Waals surface area contributed by atoms with Crippen LogP contribution in [0, 0.1) is 0 Å². The molecule has 0 saturated carbocycles. The molecule has 128 valence electrons. The Balaban J connectivity index is 1.86. The van der Waals surface area contributed by atoms with Gasteiger partial charge in [0.05, 0.1) is 11.3 Å². The molecule has 0 aliphatic heterocycles. The zero-order chi connectivity index (χ0) is 17.9. The summed E-state index contributed by atoms with van der Waals surface area (Å²) in [5, 5.41) is 2.78. The zero-order valence-corrected chi connectivity index (χ0v) is 14.0. The molecule has 0 aliphatic carbocycles. The summed E-state index contributed by atoms with van der Waals surface area (Å²) in [6.07, 6.45) is 3.36. The number of pyridine rings is 1. The van der Waals surface area contributed by atoms with Crippen molar-refractivity contribution in [1.82, 2.24) is 9.97 Å². The molecule has 2 aromatic carbocycles. The lowest BCUT2D eigenvalue weighted by Crippen LogP contribution is -2.07. The first-order valence-corrected chi connectivity index (χ1v) is 8.05. The Morgan fingerprint density at radius 2 is 1.92 bits per heavy atom. The molecule has 1 N–H and O–H groups in total. The van der Waals surface area contributed by atoms with Crippen molar-refractivity contribution in [1.29, 1.82) is 0 Å². The molecule has 0 saturated heterocycles. The number of hydrogen-bond donors (Lipinski definition) is 1. The van der Waals surface area contributed by atoms with Gasteiger partial charge in [0.1, 0.15) is 5.75 Å². The van der Waals surface area contributed by atoms with E-state index in [1.54, 1.807) is 24.5 Å². The highest BCUT2D eigenvalue weighted by Gasteiger charge is 2.18. The summed E-state index contributed by atoms with van der Waals surface area (Å²) in [5.74, 6) is 1.31. The van der Waals surface area contributed by atoms with Crippen molar-refractivity contribution in [3.8, 4) is 23.0 Å². The van der Waals surface area contributed by atoms with Crippen LogP contribution in [0.15, 0.2) is 71.4 Å². The molecular weight excluding hydrogens is 330 g/mol. The molecule has 0 aliphatic rings. The fourth-order valence-corrected chi connectivity index (χ4v) is 2.58. The average molecular weight is 345 g/mol. The van der Waals surface area contributed by atoms with Crippen LogP contribution in [0.3, 0.4) is 0 Å². The topological polar surface area (TPSA) is 77.3 Å². The SMILES string of the molecule is CC(=O)Nc1ccc2oc(-c3cccnc3)nc2c1Oc1ccccc1. The second-order valence-electron chi connectivity index (χ2n) is 5.65. The number of fused-ring (bicyclic) bond motifs is 1. The highest BCUT2D eigenvalue weighted by Crippen LogP contribution is 2.38. The number of rotatable bonds is 4. The molecule has 2 heterocycles. The van der Waals surface area contributed by atoms with E-state index >= 15 is 0 Å². The van der Waals surface area contributed by atoms with Crippen molar-refractivity contribution >= 4 is 22.7 Å². The van der Waals surface area contributed by atoms with Gasteiger partial charge in [0.25, 0.3) is 0 Å². The summed E-state index contributed by atoms with van der Waals surface area (Å²) in [6.45, 7) is 1.44. The van der Waals surface area contributed by atoms with Crippen LogP contribution in [0.5, 0.6) is 11.5 Å². The molecule has 6 nitrogen and oxygen atoms in total. The summed E-state index contributed by atoms with van der Waals surface area (Å²) < 4.78 is 11.9. The van der Waals surface area contributed by atoms with Crippen LogP contribution < -0.4 is 10.1 Å². The Hall–Kier alpha value is -3.67. The van der Waals surface area contributed by atoms with Crippen molar-refractivity contribution < 1.29 is 13.9 Å². The van der Waals surface area contributed by atoms with Crippen molar-refractivity contribution in [2.75, 3.05) is 5.32 Å². The van der Waals surface area contributed by atoms with Gasteiger partial charge < -0.3 is 14.5 Å². The minimum atomic E-state index is -0.196. The summed E-state index contributed by atoms with van der Waals surface area (Å²) >= 11 is 0. The van der Waals surface area contributed by atoms with Gasteiger partial charge in [-0.05, 0) is 36.4 Å². The second kappa shape index (κ2) is 6.68. The maximum Gasteiger partial charge on any atom is 0.229 e. The van der Waals surface area contributed by atoms with Crippen LogP contribution in [0.4, 0.5) is 5.69 Å². The second-order valence-corrected chi connectivity index (χ2v) is 5.65. The van der Waals surface area contributed by atoms with Gasteiger partial charge in [-0.3, -0.25) is 9.78 Å². The Morgan fingerprint density at radius 1 is 1.08 bits per heavy atom. The maximum absolute atomic E-state index is 11.6. The van der Waals surface area contributed by atoms with Crippen LogP contribution in [0.1, 0.15) is 6.92 Å². The highest BCUT2D eigenvalue weighted by molar-refractivity contribution is 5.96. The van der Waals surface area contributed by atoms with E-state index in [1.165, 1.54) is 6.92 Å². The van der Waals surface area contributed by atoms with Crippen LogP contribution in [0.25, 0.3) is 22.6 Å². The third-order valence-electron chi connectivity index (χ3n) is 3.70. The Morgan fingerprint density at radius 3 is 2.65 bits per heavy atom. The highest BCUT2D eigenvalue weighted by atomic mass is 16.5. The molecule has 4 rings (SSSR count). The number of aromatic nitrogens is 2. The Bertz CT molecular complexity index is 1060. The van der Waals surface area contributed by atoms with Crippen LogP contribution in [0.2, 0.25) is 0 Å². The minimum absolute atomic E-state index is 0.196. The van der Waals surface area contributed by atoms with Crippen molar-refractivity contribution in [2.45, 2.75) is 6.92 Å². The Labute approximate surface area is 149 Å². The van der Waals surface area contributed by atoms with Gasteiger partial charge in [-0.15, -0.1) is 0 Å². The molecule has 4 aromatic rings. The van der Waals surface area contributed by atoms with E-state index in [9.17, 15) is 4.79 Å². The lowest BCUT2D eigenvalue weighted by Gasteiger charge is -2.11. The molecule has 2 aromatic heterocycles. The van der Waals surface area contributed by atoms with Crippen molar-refractivity contribution in [2.24, 2.45) is 0 Å². The molecule has 0 atom stereocenters. The zero-order valence-electron chi connectivity index (χ0n) is 14.0. The van der Waals surface area contributed by atoms with Gasteiger partial charge in [-0.1, -0.05) is 18.2 Å². The molecule has 0 unspecified atom stereocenters. The molecule has 0 radical (unpaired) electrons.